The molecule has 0 saturated carbocycles. The first-order valence-electron chi connectivity index (χ1n) is 21.1. The number of carboxylic acids is 1. The number of hydrogen-bond acceptors (Lipinski definition) is 16. The van der Waals surface area contributed by atoms with Gasteiger partial charge in [0.05, 0.1) is 52.4 Å². The largest absolute Gasteiger partial charge is 0.481 e. The standard InChI is InChI=1S/C44H48N10O12S/c1-22-29(8-10-41(55)56)35-19-36-30(9-11-42(57)64-15-13-52-28(7)46-21-40(52)54(60)61)23(2)31(47-36)16-34-25(4)44(67-66-65-62)38(50-34)18-33-24(3)43(37(49-33)17-32(22)48-35)26(5)63-14-12-51-27(6)45-20-39(51)53(58)59/h16-21,26,47,49,62H,8-15H2,1-7H3,(H,55,56). The molecule has 2 aliphatic rings. The molecular weight excluding hydrogens is 893 g/mol. The molecule has 1 unspecified atom stereocenters. The van der Waals surface area contributed by atoms with Gasteiger partial charge >= 0.3 is 23.6 Å². The molecule has 7 heterocycles. The number of aryl methyl sites for hydroxylation is 5. The van der Waals surface area contributed by atoms with Crippen molar-refractivity contribution in [2.45, 2.75) is 93.3 Å². The number of allylic oxidation sites excluding steroid dienone is 3. The Morgan fingerprint density at radius 3 is 1.97 bits per heavy atom. The van der Waals surface area contributed by atoms with E-state index in [4.69, 9.17) is 29.0 Å². The molecule has 7 rings (SSSR count). The first-order valence-corrected chi connectivity index (χ1v) is 21.8. The van der Waals surface area contributed by atoms with Crippen molar-refractivity contribution in [2.24, 2.45) is 0 Å². The second-order valence-corrected chi connectivity index (χ2v) is 16.7. The van der Waals surface area contributed by atoms with Crippen LogP contribution in [-0.2, 0) is 47.9 Å². The third-order valence-electron chi connectivity index (χ3n) is 12.0. The molecule has 23 heteroatoms. The lowest BCUT2D eigenvalue weighted by Crippen LogP contribution is -2.14. The van der Waals surface area contributed by atoms with Crippen LogP contribution in [0.1, 0.15) is 103 Å². The third-order valence-corrected chi connectivity index (χ3v) is 12.8. The zero-order valence-corrected chi connectivity index (χ0v) is 38.5. The summed E-state index contributed by atoms with van der Waals surface area (Å²) < 4.78 is 19.7. The highest BCUT2D eigenvalue weighted by molar-refractivity contribution is 8.04. The Morgan fingerprint density at radius 1 is 0.761 bits per heavy atom. The number of nitrogens with zero attached hydrogens (tertiary/aromatic N) is 8. The fraction of sp³-hybridized carbons (Fsp3) is 0.364. The van der Waals surface area contributed by atoms with Gasteiger partial charge in [-0.2, -0.15) is 0 Å². The van der Waals surface area contributed by atoms with Gasteiger partial charge in [0.25, 0.3) is 0 Å². The van der Waals surface area contributed by atoms with Crippen LogP contribution in [0.2, 0.25) is 0 Å². The van der Waals surface area contributed by atoms with E-state index < -0.39 is 27.9 Å². The molecule has 5 aromatic heterocycles. The molecule has 0 amide bonds. The maximum absolute atomic E-state index is 13.2. The van der Waals surface area contributed by atoms with Crippen molar-refractivity contribution < 1.29 is 48.6 Å². The maximum atomic E-state index is 13.2. The number of fused-ring (bicyclic) bond motifs is 8. The Hall–Kier alpha value is -7.05. The molecule has 8 bridgehead atoms. The average Bonchev–Trinajstić information content (AvgIpc) is 4.10. The number of carbonyl (C=O) groups is 2. The van der Waals surface area contributed by atoms with Crippen molar-refractivity contribution >= 4 is 79.3 Å². The number of esters is 1. The highest BCUT2D eigenvalue weighted by Gasteiger charge is 2.25. The van der Waals surface area contributed by atoms with Gasteiger partial charge in [-0.15, -0.1) is 4.33 Å². The number of H-pyrrole nitrogens is 2. The van der Waals surface area contributed by atoms with E-state index in [-0.39, 0.29) is 63.6 Å². The fourth-order valence-corrected chi connectivity index (χ4v) is 8.88. The van der Waals surface area contributed by atoms with Gasteiger partial charge in [-0.25, -0.2) is 34.3 Å². The topological polar surface area (TPSA) is 291 Å². The summed E-state index contributed by atoms with van der Waals surface area (Å²) in [5, 5.41) is 46.0. The second-order valence-electron chi connectivity index (χ2n) is 15.9. The molecule has 5 aromatic rings. The van der Waals surface area contributed by atoms with Gasteiger partial charge in [0.2, 0.25) is 0 Å². The highest BCUT2D eigenvalue weighted by atomic mass is 32.2. The van der Waals surface area contributed by atoms with Crippen molar-refractivity contribution in [2.75, 3.05) is 13.2 Å². The summed E-state index contributed by atoms with van der Waals surface area (Å²) in [6, 6.07) is 7.40. The second kappa shape index (κ2) is 20.2. The zero-order valence-electron chi connectivity index (χ0n) is 37.7. The summed E-state index contributed by atoms with van der Waals surface area (Å²) in [6.45, 7) is 13.0. The van der Waals surface area contributed by atoms with Gasteiger partial charge in [-0.1, -0.05) is 5.04 Å². The first kappa shape index (κ1) is 47.9. The van der Waals surface area contributed by atoms with Gasteiger partial charge in [0.1, 0.15) is 32.1 Å². The van der Waals surface area contributed by atoms with E-state index in [0.717, 1.165) is 46.1 Å². The molecule has 4 N–H and O–H groups in total. The number of rotatable bonds is 19. The molecule has 0 fully saturated rings. The Labute approximate surface area is 386 Å². The number of aromatic nitrogens is 8. The van der Waals surface area contributed by atoms with E-state index in [9.17, 15) is 34.9 Å². The first-order chi connectivity index (χ1) is 32.0. The fourth-order valence-electron chi connectivity index (χ4n) is 8.36. The van der Waals surface area contributed by atoms with Crippen LogP contribution in [0.15, 0.2) is 36.7 Å². The van der Waals surface area contributed by atoms with Crippen molar-refractivity contribution in [3.8, 4) is 0 Å². The van der Waals surface area contributed by atoms with Crippen molar-refractivity contribution in [1.82, 2.24) is 39.0 Å². The minimum Gasteiger partial charge on any atom is -0.481 e. The zero-order chi connectivity index (χ0) is 48.3. The lowest BCUT2D eigenvalue weighted by Gasteiger charge is -2.14. The van der Waals surface area contributed by atoms with Crippen molar-refractivity contribution in [3.63, 3.8) is 0 Å². The van der Waals surface area contributed by atoms with Crippen LogP contribution in [0.4, 0.5) is 11.6 Å². The smallest absolute Gasteiger partial charge is 0.342 e. The molecule has 67 heavy (non-hydrogen) atoms. The Morgan fingerprint density at radius 2 is 1.33 bits per heavy atom. The predicted molar refractivity (Wildman–Crippen MR) is 246 cm³/mol. The number of ether oxygens (including phenoxy) is 2. The van der Waals surface area contributed by atoms with Crippen LogP contribution < -0.4 is 0 Å². The van der Waals surface area contributed by atoms with Crippen molar-refractivity contribution in [3.05, 3.63) is 114 Å². The Bertz CT molecular complexity index is 3040. The van der Waals surface area contributed by atoms with E-state index in [1.165, 1.54) is 15.3 Å². The number of carboxylic acid groups (broad SMARTS) is 1. The number of aromatic amines is 2. The minimum absolute atomic E-state index is 0.0372. The normalized spacial score (nSPS) is 13.1. The van der Waals surface area contributed by atoms with Gasteiger partial charge in [0, 0.05) is 54.3 Å². The maximum Gasteiger partial charge on any atom is 0.342 e. The van der Waals surface area contributed by atoms with E-state index in [1.54, 1.807) is 13.8 Å². The molecule has 22 nitrogen and oxygen atoms in total. The van der Waals surface area contributed by atoms with Crippen LogP contribution in [-0.4, -0.2) is 84.4 Å². The summed E-state index contributed by atoms with van der Waals surface area (Å²) in [7, 11) is 0. The van der Waals surface area contributed by atoms with E-state index in [1.807, 2.05) is 58.9 Å². The highest BCUT2D eigenvalue weighted by Crippen LogP contribution is 2.41. The number of aliphatic carboxylic acids is 1. The monoisotopic (exact) mass is 940 g/mol. The number of nitrogens with one attached hydrogen (secondary N) is 2. The molecule has 0 saturated heterocycles. The quantitative estimate of drug-likeness (QED) is 0.0198. The van der Waals surface area contributed by atoms with Crippen LogP contribution in [0, 0.1) is 47.9 Å². The van der Waals surface area contributed by atoms with E-state index >= 15 is 0 Å². The van der Waals surface area contributed by atoms with Crippen LogP contribution in [0.5, 0.6) is 0 Å². The molecular formula is C44H48N10O12S. The van der Waals surface area contributed by atoms with E-state index in [2.05, 4.69) is 25.0 Å². The summed E-state index contributed by atoms with van der Waals surface area (Å²) in [5.74, 6) is -0.962. The average molecular weight is 941 g/mol. The minimum atomic E-state index is -0.977. The molecule has 0 radical (unpaired) electrons. The lowest BCUT2D eigenvalue weighted by atomic mass is 10.00. The number of carbonyl (C=O) groups excluding carboxylic acids is 1. The molecule has 2 aliphatic heterocycles. The Balaban J connectivity index is 1.35. The lowest BCUT2D eigenvalue weighted by molar-refractivity contribution is -0.431. The van der Waals surface area contributed by atoms with Gasteiger partial charge < -0.3 is 44.8 Å². The number of hydrogen-bond donors (Lipinski definition) is 4. The summed E-state index contributed by atoms with van der Waals surface area (Å²) in [4.78, 5) is 72.9. The van der Waals surface area contributed by atoms with Gasteiger partial charge in [-0.3, -0.25) is 9.59 Å². The Kier molecular flexibility index (Phi) is 14.5. The number of imidazole rings is 2. The number of nitro groups is 2. The summed E-state index contributed by atoms with van der Waals surface area (Å²) >= 11 is 0.771. The van der Waals surface area contributed by atoms with Gasteiger partial charge in [-0.05, 0) is 115 Å². The SMILES string of the molecule is CC1=C(CCC(=O)O)c2cc3[nH]c(cc4nc(cc5[nH]c(cc1n2)c(C(C)OCCn1c([N+](=O)[O-])cnc1C)c5C)C(SOOO)=C4C)c(C)c3CCC(=O)OCCn1c([N+](=O)[O-])cnc1C. The molecule has 0 aliphatic carbocycles. The third kappa shape index (κ3) is 10.2. The van der Waals surface area contributed by atoms with Crippen LogP contribution >= 0.6 is 12.0 Å². The molecule has 1 atom stereocenters. The molecule has 0 aromatic carbocycles. The van der Waals surface area contributed by atoms with Crippen LogP contribution in [0.3, 0.4) is 0 Å². The summed E-state index contributed by atoms with van der Waals surface area (Å²) in [5.41, 5.74) is 10.00. The van der Waals surface area contributed by atoms with E-state index in [0.29, 0.717) is 72.5 Å². The molecule has 352 valence electrons. The summed E-state index contributed by atoms with van der Waals surface area (Å²) in [6.07, 6.45) is 2.02. The predicted octanol–water partition coefficient (Wildman–Crippen LogP) is 8.46. The van der Waals surface area contributed by atoms with Crippen LogP contribution in [0.25, 0.3) is 43.7 Å². The molecule has 0 spiro atoms. The van der Waals surface area contributed by atoms with Gasteiger partial charge in [0.15, 0.2) is 11.6 Å². The van der Waals surface area contributed by atoms with Crippen molar-refractivity contribution in [1.29, 1.82) is 0 Å².